The van der Waals surface area contributed by atoms with E-state index in [1.54, 1.807) is 12.1 Å². The Morgan fingerprint density at radius 3 is 2.74 bits per heavy atom. The van der Waals surface area contributed by atoms with Crippen LogP contribution < -0.4 is 19.7 Å². The van der Waals surface area contributed by atoms with Crippen molar-refractivity contribution in [2.75, 3.05) is 30.0 Å². The second-order valence-corrected chi connectivity index (χ2v) is 6.00. The summed E-state index contributed by atoms with van der Waals surface area (Å²) in [7, 11) is 0. The minimum Gasteiger partial charge on any atom is -0.486 e. The van der Waals surface area contributed by atoms with E-state index < -0.39 is 0 Å². The Labute approximate surface area is 134 Å². The number of nitrogens with one attached hydrogen (secondary N) is 1. The van der Waals surface area contributed by atoms with Gasteiger partial charge in [-0.25, -0.2) is 4.39 Å². The predicted octanol–water partition coefficient (Wildman–Crippen LogP) is 3.42. The summed E-state index contributed by atoms with van der Waals surface area (Å²) in [6, 6.07) is 11.1. The lowest BCUT2D eigenvalue weighted by atomic mass is 10.1. The fourth-order valence-corrected chi connectivity index (χ4v) is 3.14. The fraction of sp³-hybridized carbons (Fsp3) is 0.333. The van der Waals surface area contributed by atoms with Crippen LogP contribution in [0.15, 0.2) is 36.4 Å². The van der Waals surface area contributed by atoms with Crippen LogP contribution >= 0.6 is 0 Å². The average Bonchev–Trinajstić information content (AvgIpc) is 2.56. The lowest BCUT2D eigenvalue weighted by molar-refractivity contribution is 0.171. The number of halogens is 1. The fourth-order valence-electron chi connectivity index (χ4n) is 3.14. The summed E-state index contributed by atoms with van der Waals surface area (Å²) in [6.45, 7) is 4.80. The van der Waals surface area contributed by atoms with E-state index in [2.05, 4.69) is 17.1 Å². The monoisotopic (exact) mass is 314 g/mol. The molecule has 0 spiro atoms. The molecule has 1 atom stereocenters. The molecule has 1 unspecified atom stereocenters. The van der Waals surface area contributed by atoms with E-state index in [1.165, 1.54) is 6.07 Å². The van der Waals surface area contributed by atoms with E-state index >= 15 is 0 Å². The number of hydrogen-bond donors (Lipinski definition) is 1. The van der Waals surface area contributed by atoms with Gasteiger partial charge < -0.3 is 19.7 Å². The molecule has 2 aromatic carbocycles. The molecule has 0 saturated heterocycles. The minimum absolute atomic E-state index is 0.201. The largest absolute Gasteiger partial charge is 0.486 e. The predicted molar refractivity (Wildman–Crippen MR) is 88.0 cm³/mol. The summed E-state index contributed by atoms with van der Waals surface area (Å²) < 4.78 is 24.8. The van der Waals surface area contributed by atoms with Gasteiger partial charge in [0.2, 0.25) is 0 Å². The highest BCUT2D eigenvalue weighted by Crippen LogP contribution is 2.42. The van der Waals surface area contributed by atoms with E-state index in [4.69, 9.17) is 9.47 Å². The SMILES string of the molecule is CC1CNc2cc3c(cc2N1Cc1cccc(F)c1)OCCO3. The van der Waals surface area contributed by atoms with Gasteiger partial charge in [0.15, 0.2) is 11.5 Å². The molecule has 0 aliphatic carbocycles. The summed E-state index contributed by atoms with van der Waals surface area (Å²) in [5, 5.41) is 3.44. The Bertz CT molecular complexity index is 735. The molecular formula is C18H19FN2O2. The van der Waals surface area contributed by atoms with Gasteiger partial charge in [-0.2, -0.15) is 0 Å². The zero-order chi connectivity index (χ0) is 15.8. The van der Waals surface area contributed by atoms with Crippen LogP contribution in [0.5, 0.6) is 11.5 Å². The molecule has 4 nitrogen and oxygen atoms in total. The Morgan fingerprint density at radius 1 is 1.17 bits per heavy atom. The molecule has 1 N–H and O–H groups in total. The van der Waals surface area contributed by atoms with Gasteiger partial charge in [0.1, 0.15) is 19.0 Å². The van der Waals surface area contributed by atoms with Gasteiger partial charge in [-0.3, -0.25) is 0 Å². The van der Waals surface area contributed by atoms with Gasteiger partial charge >= 0.3 is 0 Å². The number of anilines is 2. The Balaban J connectivity index is 1.70. The van der Waals surface area contributed by atoms with Gasteiger partial charge in [0.05, 0.1) is 11.4 Å². The van der Waals surface area contributed by atoms with Crippen LogP contribution in [0.3, 0.4) is 0 Å². The maximum absolute atomic E-state index is 13.5. The van der Waals surface area contributed by atoms with Gasteiger partial charge in [0.25, 0.3) is 0 Å². The normalized spacial score (nSPS) is 19.0. The summed E-state index contributed by atoms with van der Waals surface area (Å²) in [5.41, 5.74) is 3.06. The molecular weight excluding hydrogens is 295 g/mol. The number of rotatable bonds is 2. The Kier molecular flexibility index (Phi) is 3.48. The number of fused-ring (bicyclic) bond motifs is 2. The molecule has 23 heavy (non-hydrogen) atoms. The molecule has 5 heteroatoms. The first-order valence-electron chi connectivity index (χ1n) is 7.89. The Morgan fingerprint density at radius 2 is 1.96 bits per heavy atom. The van der Waals surface area contributed by atoms with E-state index in [-0.39, 0.29) is 5.82 Å². The molecule has 0 amide bonds. The summed E-state index contributed by atoms with van der Waals surface area (Å²) in [4.78, 5) is 2.28. The average molecular weight is 314 g/mol. The van der Waals surface area contributed by atoms with Crippen molar-refractivity contribution in [3.05, 3.63) is 47.8 Å². The lowest BCUT2D eigenvalue weighted by Gasteiger charge is -2.38. The van der Waals surface area contributed by atoms with Crippen molar-refractivity contribution in [2.45, 2.75) is 19.5 Å². The van der Waals surface area contributed by atoms with Gasteiger partial charge in [0, 0.05) is 31.3 Å². The molecule has 2 heterocycles. The second-order valence-electron chi connectivity index (χ2n) is 6.00. The molecule has 0 fully saturated rings. The van der Waals surface area contributed by atoms with Crippen molar-refractivity contribution in [2.24, 2.45) is 0 Å². The van der Waals surface area contributed by atoms with Crippen LogP contribution in [-0.2, 0) is 6.54 Å². The van der Waals surface area contributed by atoms with Crippen molar-refractivity contribution in [3.63, 3.8) is 0 Å². The third-order valence-corrected chi connectivity index (χ3v) is 4.33. The van der Waals surface area contributed by atoms with Crippen molar-refractivity contribution in [3.8, 4) is 11.5 Å². The molecule has 2 aromatic rings. The number of nitrogens with zero attached hydrogens (tertiary/aromatic N) is 1. The van der Waals surface area contributed by atoms with Gasteiger partial charge in [-0.1, -0.05) is 12.1 Å². The molecule has 0 saturated carbocycles. The van der Waals surface area contributed by atoms with E-state index in [0.717, 1.165) is 35.0 Å². The number of hydrogen-bond acceptors (Lipinski definition) is 4. The maximum Gasteiger partial charge on any atom is 0.163 e. The molecule has 2 aliphatic heterocycles. The van der Waals surface area contributed by atoms with Crippen LogP contribution in [0.2, 0.25) is 0 Å². The highest BCUT2D eigenvalue weighted by Gasteiger charge is 2.26. The quantitative estimate of drug-likeness (QED) is 0.921. The standard InChI is InChI=1S/C18H19FN2O2/c1-12-10-20-15-8-17-18(23-6-5-22-17)9-16(15)21(12)11-13-3-2-4-14(19)7-13/h2-4,7-9,12,20H,5-6,10-11H2,1H3. The number of benzene rings is 2. The van der Waals surface area contributed by atoms with E-state index in [0.29, 0.717) is 25.8 Å². The molecule has 0 aromatic heterocycles. The first-order valence-corrected chi connectivity index (χ1v) is 7.89. The first kappa shape index (κ1) is 14.2. The molecule has 0 bridgehead atoms. The number of ether oxygens (including phenoxy) is 2. The lowest BCUT2D eigenvalue weighted by Crippen LogP contribution is -2.41. The van der Waals surface area contributed by atoms with Crippen LogP contribution in [-0.4, -0.2) is 25.8 Å². The molecule has 2 aliphatic rings. The van der Waals surface area contributed by atoms with E-state index in [1.807, 2.05) is 18.2 Å². The molecule has 120 valence electrons. The zero-order valence-electron chi connectivity index (χ0n) is 13.0. The van der Waals surface area contributed by atoms with Crippen molar-refractivity contribution >= 4 is 11.4 Å². The first-order chi connectivity index (χ1) is 11.2. The van der Waals surface area contributed by atoms with E-state index in [9.17, 15) is 4.39 Å². The third kappa shape index (κ3) is 2.67. The van der Waals surface area contributed by atoms with Crippen molar-refractivity contribution < 1.29 is 13.9 Å². The van der Waals surface area contributed by atoms with Crippen LogP contribution in [0.25, 0.3) is 0 Å². The van der Waals surface area contributed by atoms with Gasteiger partial charge in [-0.15, -0.1) is 0 Å². The summed E-state index contributed by atoms with van der Waals surface area (Å²) in [6.07, 6.45) is 0. The molecule has 4 rings (SSSR count). The third-order valence-electron chi connectivity index (χ3n) is 4.33. The highest BCUT2D eigenvalue weighted by atomic mass is 19.1. The van der Waals surface area contributed by atoms with Crippen molar-refractivity contribution in [1.82, 2.24) is 0 Å². The minimum atomic E-state index is -0.201. The van der Waals surface area contributed by atoms with Crippen LogP contribution in [0, 0.1) is 5.82 Å². The smallest absolute Gasteiger partial charge is 0.163 e. The summed E-state index contributed by atoms with van der Waals surface area (Å²) >= 11 is 0. The van der Waals surface area contributed by atoms with Gasteiger partial charge in [-0.05, 0) is 24.6 Å². The summed E-state index contributed by atoms with van der Waals surface area (Å²) in [5.74, 6) is 1.35. The maximum atomic E-state index is 13.5. The van der Waals surface area contributed by atoms with Crippen LogP contribution in [0.1, 0.15) is 12.5 Å². The second kappa shape index (κ2) is 5.65. The van der Waals surface area contributed by atoms with Crippen molar-refractivity contribution in [1.29, 1.82) is 0 Å². The Hall–Kier alpha value is -2.43. The topological polar surface area (TPSA) is 33.7 Å². The molecule has 0 radical (unpaired) electrons. The van der Waals surface area contributed by atoms with Crippen LogP contribution in [0.4, 0.5) is 15.8 Å². The highest BCUT2D eigenvalue weighted by molar-refractivity contribution is 5.77. The zero-order valence-corrected chi connectivity index (χ0v) is 13.0.